The number of H-pyrrole nitrogens is 1. The number of aromatic amines is 1. The molecule has 1 aromatic heterocycles. The Bertz CT molecular complexity index is 893. The Kier molecular flexibility index (Phi) is 4.51. The summed E-state index contributed by atoms with van der Waals surface area (Å²) in [5, 5.41) is 14.3. The van der Waals surface area contributed by atoms with Gasteiger partial charge in [0.15, 0.2) is 0 Å². The fourth-order valence-electron chi connectivity index (χ4n) is 3.84. The van der Waals surface area contributed by atoms with Crippen LogP contribution < -0.4 is 0 Å². The van der Waals surface area contributed by atoms with Crippen LogP contribution in [-0.4, -0.2) is 38.6 Å². The molecule has 1 N–H and O–H groups in total. The summed E-state index contributed by atoms with van der Waals surface area (Å²) in [4.78, 5) is 2.47. The van der Waals surface area contributed by atoms with E-state index in [1.807, 2.05) is 18.2 Å². The van der Waals surface area contributed by atoms with Crippen molar-refractivity contribution in [1.29, 1.82) is 0 Å². The van der Waals surface area contributed by atoms with Gasteiger partial charge in [-0.15, -0.1) is 10.2 Å². The third kappa shape index (κ3) is 3.24. The number of nitrogens with zero attached hydrogens (tertiary/aromatic N) is 4. The van der Waals surface area contributed by atoms with Crippen molar-refractivity contribution in [3.8, 4) is 11.4 Å². The van der Waals surface area contributed by atoms with Crippen molar-refractivity contribution in [1.82, 2.24) is 25.5 Å². The average Bonchev–Trinajstić information content (AvgIpc) is 3.14. The highest BCUT2D eigenvalue weighted by Crippen LogP contribution is 2.31. The van der Waals surface area contributed by atoms with E-state index in [0.717, 1.165) is 30.6 Å². The van der Waals surface area contributed by atoms with Crippen molar-refractivity contribution in [2.45, 2.75) is 32.2 Å². The molecule has 0 saturated carbocycles. The van der Waals surface area contributed by atoms with Gasteiger partial charge in [-0.3, -0.25) is 4.90 Å². The average molecular weight is 351 g/mol. The number of hydrogen-bond acceptors (Lipinski definition) is 4. The van der Waals surface area contributed by atoms with E-state index in [4.69, 9.17) is 0 Å². The highest BCUT2D eigenvalue weighted by molar-refractivity contribution is 5.55. The molecule has 0 spiro atoms. The lowest BCUT2D eigenvalue weighted by Crippen LogP contribution is -2.30. The summed E-state index contributed by atoms with van der Waals surface area (Å²) < 4.78 is 13.7. The van der Waals surface area contributed by atoms with E-state index >= 15 is 0 Å². The van der Waals surface area contributed by atoms with E-state index in [1.165, 1.54) is 11.1 Å². The van der Waals surface area contributed by atoms with E-state index in [9.17, 15) is 4.39 Å². The van der Waals surface area contributed by atoms with Gasteiger partial charge < -0.3 is 0 Å². The van der Waals surface area contributed by atoms with Crippen LogP contribution in [0.25, 0.3) is 11.4 Å². The maximum absolute atomic E-state index is 13.7. The maximum atomic E-state index is 13.7. The van der Waals surface area contributed by atoms with Crippen LogP contribution in [0.2, 0.25) is 0 Å². The van der Waals surface area contributed by atoms with Crippen molar-refractivity contribution in [2.24, 2.45) is 0 Å². The second-order valence-electron chi connectivity index (χ2n) is 7.03. The second kappa shape index (κ2) is 6.96. The fraction of sp³-hybridized carbons (Fsp3) is 0.350. The van der Waals surface area contributed by atoms with E-state index < -0.39 is 0 Å². The van der Waals surface area contributed by atoms with Crippen molar-refractivity contribution in [2.75, 3.05) is 13.1 Å². The number of hydrogen-bond donors (Lipinski definition) is 1. The van der Waals surface area contributed by atoms with Crippen molar-refractivity contribution in [3.63, 3.8) is 0 Å². The molecule has 1 aliphatic heterocycles. The smallest absolute Gasteiger partial charge is 0.204 e. The predicted molar refractivity (Wildman–Crippen MR) is 98.1 cm³/mol. The molecular formula is C20H22FN5. The number of nitrogens with one attached hydrogen (secondary N) is 1. The van der Waals surface area contributed by atoms with Crippen LogP contribution in [0, 0.1) is 5.82 Å². The summed E-state index contributed by atoms with van der Waals surface area (Å²) in [7, 11) is 0. The standard InChI is InChI=1S/C20H22FN5/c1-13-12-26(9-8-15-6-7-18(21)11-19(13)15)14(2)16-4-3-5-17(10-16)20-22-24-25-23-20/h3-7,10-11,13-14H,8-9,12H2,1-2H3,(H,22,23,24,25). The van der Waals surface area contributed by atoms with Crippen molar-refractivity contribution >= 4 is 0 Å². The Hall–Kier alpha value is -2.60. The third-order valence-electron chi connectivity index (χ3n) is 5.34. The van der Waals surface area contributed by atoms with Gasteiger partial charge in [-0.2, -0.15) is 5.21 Å². The highest BCUT2D eigenvalue weighted by atomic mass is 19.1. The number of aromatic nitrogens is 4. The van der Waals surface area contributed by atoms with Crippen LogP contribution in [-0.2, 0) is 6.42 Å². The van der Waals surface area contributed by atoms with Gasteiger partial charge >= 0.3 is 0 Å². The summed E-state index contributed by atoms with van der Waals surface area (Å²) in [5.74, 6) is 0.752. The first-order chi connectivity index (χ1) is 12.6. The Labute approximate surface area is 152 Å². The molecule has 6 heteroatoms. The molecule has 26 heavy (non-hydrogen) atoms. The van der Waals surface area contributed by atoms with E-state index in [0.29, 0.717) is 11.7 Å². The van der Waals surface area contributed by atoms with Gasteiger partial charge in [-0.05, 0) is 59.4 Å². The normalized spacial score (nSPS) is 19.0. The van der Waals surface area contributed by atoms with Gasteiger partial charge in [0.2, 0.25) is 5.82 Å². The number of halogens is 1. The van der Waals surface area contributed by atoms with Gasteiger partial charge in [0, 0.05) is 24.7 Å². The number of benzene rings is 2. The summed E-state index contributed by atoms with van der Waals surface area (Å²) in [5.41, 5.74) is 4.57. The SMILES string of the molecule is CC1CN(C(C)c2cccc(-c3nn[nH]n3)c2)CCc2ccc(F)cc21. The minimum atomic E-state index is -0.148. The van der Waals surface area contributed by atoms with Crippen LogP contribution in [0.1, 0.15) is 42.5 Å². The molecule has 134 valence electrons. The third-order valence-corrected chi connectivity index (χ3v) is 5.34. The van der Waals surface area contributed by atoms with Crippen LogP contribution >= 0.6 is 0 Å². The number of rotatable bonds is 3. The first-order valence-electron chi connectivity index (χ1n) is 8.98. The zero-order chi connectivity index (χ0) is 18.1. The summed E-state index contributed by atoms with van der Waals surface area (Å²) >= 11 is 0. The largest absolute Gasteiger partial charge is 0.296 e. The first kappa shape index (κ1) is 16.8. The van der Waals surface area contributed by atoms with Crippen molar-refractivity contribution < 1.29 is 4.39 Å². The van der Waals surface area contributed by atoms with Gasteiger partial charge in [-0.1, -0.05) is 31.2 Å². The van der Waals surface area contributed by atoms with E-state index in [1.54, 1.807) is 12.1 Å². The molecule has 0 saturated heterocycles. The molecule has 0 amide bonds. The Morgan fingerprint density at radius 3 is 2.92 bits per heavy atom. The Morgan fingerprint density at radius 2 is 2.12 bits per heavy atom. The summed E-state index contributed by atoms with van der Waals surface area (Å²) in [6, 6.07) is 13.7. The molecule has 4 rings (SSSR count). The van der Waals surface area contributed by atoms with Gasteiger partial charge in [0.1, 0.15) is 5.82 Å². The molecule has 2 heterocycles. The van der Waals surface area contributed by atoms with E-state index in [-0.39, 0.29) is 11.9 Å². The lowest BCUT2D eigenvalue weighted by Gasteiger charge is -2.30. The van der Waals surface area contributed by atoms with Crippen LogP contribution in [0.3, 0.4) is 0 Å². The van der Waals surface area contributed by atoms with Gasteiger partial charge in [0.25, 0.3) is 0 Å². The molecular weight excluding hydrogens is 329 g/mol. The van der Waals surface area contributed by atoms with Gasteiger partial charge in [-0.25, -0.2) is 4.39 Å². The predicted octanol–water partition coefficient (Wildman–Crippen LogP) is 3.73. The molecule has 0 bridgehead atoms. The Morgan fingerprint density at radius 1 is 1.23 bits per heavy atom. The van der Waals surface area contributed by atoms with Crippen LogP contribution in [0.5, 0.6) is 0 Å². The highest BCUT2D eigenvalue weighted by Gasteiger charge is 2.24. The number of tetrazole rings is 1. The summed E-state index contributed by atoms with van der Waals surface area (Å²) in [6.45, 7) is 6.26. The monoisotopic (exact) mass is 351 g/mol. The fourth-order valence-corrected chi connectivity index (χ4v) is 3.84. The Balaban J connectivity index is 1.58. The molecule has 1 aliphatic rings. The summed E-state index contributed by atoms with van der Waals surface area (Å²) in [6.07, 6.45) is 0.939. The molecule has 3 aromatic rings. The lowest BCUT2D eigenvalue weighted by molar-refractivity contribution is 0.209. The minimum absolute atomic E-state index is 0.148. The zero-order valence-corrected chi connectivity index (χ0v) is 15.0. The molecule has 5 nitrogen and oxygen atoms in total. The molecule has 0 fully saturated rings. The maximum Gasteiger partial charge on any atom is 0.204 e. The molecule has 0 aliphatic carbocycles. The molecule has 2 atom stereocenters. The molecule has 2 aromatic carbocycles. The lowest BCUT2D eigenvalue weighted by atomic mass is 9.95. The molecule has 0 radical (unpaired) electrons. The quantitative estimate of drug-likeness (QED) is 0.781. The van der Waals surface area contributed by atoms with Crippen LogP contribution in [0.4, 0.5) is 4.39 Å². The first-order valence-corrected chi connectivity index (χ1v) is 8.98. The molecule has 2 unspecified atom stereocenters. The second-order valence-corrected chi connectivity index (χ2v) is 7.03. The van der Waals surface area contributed by atoms with Crippen molar-refractivity contribution in [3.05, 3.63) is 65.0 Å². The topological polar surface area (TPSA) is 57.7 Å². The zero-order valence-electron chi connectivity index (χ0n) is 15.0. The minimum Gasteiger partial charge on any atom is -0.296 e. The number of fused-ring (bicyclic) bond motifs is 1. The van der Waals surface area contributed by atoms with Gasteiger partial charge in [0.05, 0.1) is 0 Å². The van der Waals surface area contributed by atoms with E-state index in [2.05, 4.69) is 51.5 Å². The van der Waals surface area contributed by atoms with Crippen LogP contribution in [0.15, 0.2) is 42.5 Å².